The van der Waals surface area contributed by atoms with Crippen LogP contribution < -0.4 is 0 Å². The molecule has 0 rings (SSSR count). The lowest BCUT2D eigenvalue weighted by molar-refractivity contribution is -0.161. The van der Waals surface area contributed by atoms with E-state index in [4.69, 9.17) is 19.1 Å². The van der Waals surface area contributed by atoms with Gasteiger partial charge >= 0.3 is 19.8 Å². The highest BCUT2D eigenvalue weighted by Crippen LogP contribution is 2.43. The molecule has 0 saturated carbocycles. The molecular formula is C45H81O12P. The summed E-state index contributed by atoms with van der Waals surface area (Å²) in [6.45, 7) is 4.25. The van der Waals surface area contributed by atoms with Crippen molar-refractivity contribution in [2.75, 3.05) is 26.4 Å². The summed E-state index contributed by atoms with van der Waals surface area (Å²) in [6, 6.07) is 0. The Bertz CT molecular complexity index is 1150. The van der Waals surface area contributed by atoms with Crippen molar-refractivity contribution in [1.29, 1.82) is 0 Å². The Labute approximate surface area is 350 Å². The Hall–Kier alpha value is -2.15. The van der Waals surface area contributed by atoms with E-state index in [1.165, 1.54) is 64.2 Å². The molecule has 1 unspecified atom stereocenters. The van der Waals surface area contributed by atoms with E-state index in [0.717, 1.165) is 44.4 Å². The Morgan fingerprint density at radius 1 is 0.586 bits per heavy atom. The lowest BCUT2D eigenvalue weighted by atomic mass is 10.0. The molecule has 0 fully saturated rings. The highest BCUT2D eigenvalue weighted by Gasteiger charge is 2.27. The highest BCUT2D eigenvalue weighted by molar-refractivity contribution is 7.47. The molecular weight excluding hydrogens is 763 g/mol. The molecule has 58 heavy (non-hydrogen) atoms. The minimum absolute atomic E-state index is 0.0749. The molecule has 0 saturated heterocycles. The lowest BCUT2D eigenvalue weighted by Gasteiger charge is -2.20. The second kappa shape index (κ2) is 39.0. The fraction of sp³-hybridized carbons (Fsp3) is 0.778. The van der Waals surface area contributed by atoms with Gasteiger partial charge in [-0.2, -0.15) is 0 Å². The van der Waals surface area contributed by atoms with E-state index in [2.05, 4.69) is 55.7 Å². The summed E-state index contributed by atoms with van der Waals surface area (Å²) in [5.74, 6) is -0.411. The molecule has 5 N–H and O–H groups in total. The molecule has 0 heterocycles. The van der Waals surface area contributed by atoms with Gasteiger partial charge in [0.1, 0.15) is 12.7 Å². The van der Waals surface area contributed by atoms with Gasteiger partial charge in [-0.25, -0.2) is 4.57 Å². The van der Waals surface area contributed by atoms with E-state index in [-0.39, 0.29) is 32.1 Å². The first-order valence-corrected chi connectivity index (χ1v) is 23.6. The summed E-state index contributed by atoms with van der Waals surface area (Å²) in [5.41, 5.74) is 0. The maximum atomic E-state index is 12.6. The number of esters is 2. The van der Waals surface area contributed by atoms with Crippen molar-refractivity contribution in [1.82, 2.24) is 0 Å². The van der Waals surface area contributed by atoms with Crippen molar-refractivity contribution in [2.24, 2.45) is 5.92 Å². The molecule has 0 radical (unpaired) electrons. The number of hydrogen-bond donors (Lipinski definition) is 5. The first kappa shape index (κ1) is 55.9. The standard InChI is InChI=1S/C45H81O12P/c1-4-5-6-7-8-9-10-15-18-21-24-27-31-42(48)43(49)32-29-34-44(50)54-37-41(38-56-58(52,53)55-36-40(47)35-46)57-45(51)33-28-25-22-19-16-13-11-12-14-17-20-23-26-30-39(2)3/h5-6,8-9,15,18,24,27,39-43,46-49H,4,7,10-14,16-17,19-23,25-26,28-38H2,1-3H3,(H,52,53)/b6-5-,9-8-,18-15-,27-24-/t40-,41+,42-,43-/m0/s1. The fourth-order valence-corrected chi connectivity index (χ4v) is 6.64. The van der Waals surface area contributed by atoms with Crippen LogP contribution in [0.1, 0.15) is 168 Å². The summed E-state index contributed by atoms with van der Waals surface area (Å²) in [5, 5.41) is 39.0. The zero-order valence-electron chi connectivity index (χ0n) is 36.1. The summed E-state index contributed by atoms with van der Waals surface area (Å²) < 4.78 is 32.5. The molecule has 0 bridgehead atoms. The number of phosphoric ester groups is 1. The van der Waals surface area contributed by atoms with Crippen LogP contribution in [0.15, 0.2) is 48.6 Å². The average molecular weight is 845 g/mol. The number of phosphoric acid groups is 1. The van der Waals surface area contributed by atoms with Gasteiger partial charge < -0.3 is 34.8 Å². The number of carbonyl (C=O) groups is 2. The van der Waals surface area contributed by atoms with Crippen LogP contribution in [-0.2, 0) is 32.7 Å². The van der Waals surface area contributed by atoms with Crippen LogP contribution in [0.2, 0.25) is 0 Å². The largest absolute Gasteiger partial charge is 0.472 e. The molecule has 13 heteroatoms. The van der Waals surface area contributed by atoms with E-state index >= 15 is 0 Å². The first-order valence-electron chi connectivity index (χ1n) is 22.1. The van der Waals surface area contributed by atoms with Gasteiger partial charge in [0.25, 0.3) is 0 Å². The first-order chi connectivity index (χ1) is 27.9. The smallest absolute Gasteiger partial charge is 0.462 e. The van der Waals surface area contributed by atoms with Gasteiger partial charge in [0.2, 0.25) is 0 Å². The van der Waals surface area contributed by atoms with Crippen molar-refractivity contribution < 1.29 is 58.0 Å². The fourth-order valence-electron chi connectivity index (χ4n) is 5.85. The van der Waals surface area contributed by atoms with Crippen LogP contribution >= 0.6 is 7.82 Å². The molecule has 0 aliphatic heterocycles. The van der Waals surface area contributed by atoms with Crippen molar-refractivity contribution in [3.8, 4) is 0 Å². The van der Waals surface area contributed by atoms with E-state index < -0.39 is 70.6 Å². The van der Waals surface area contributed by atoms with Crippen LogP contribution in [-0.4, -0.2) is 88.1 Å². The SMILES string of the molecule is CC/C=C\C/C=C\C/C=C\C/C=C\C[C@H](O)[C@@H](O)CCCC(=O)OC[C@H](COP(=O)(O)OC[C@@H](O)CO)OC(=O)CCCCCCCCCCCCCCCC(C)C. The Kier molecular flexibility index (Phi) is 37.6. The summed E-state index contributed by atoms with van der Waals surface area (Å²) in [7, 11) is -4.69. The number of rotatable bonds is 40. The van der Waals surface area contributed by atoms with Gasteiger partial charge in [0.05, 0.1) is 32.0 Å². The van der Waals surface area contributed by atoms with Crippen molar-refractivity contribution >= 4 is 19.8 Å². The summed E-state index contributed by atoms with van der Waals surface area (Å²) in [4.78, 5) is 35.1. The van der Waals surface area contributed by atoms with Crippen molar-refractivity contribution in [2.45, 2.75) is 193 Å². The van der Waals surface area contributed by atoms with E-state index in [0.29, 0.717) is 12.8 Å². The predicted octanol–water partition coefficient (Wildman–Crippen LogP) is 9.52. The lowest BCUT2D eigenvalue weighted by Crippen LogP contribution is -2.30. The minimum atomic E-state index is -4.69. The predicted molar refractivity (Wildman–Crippen MR) is 231 cm³/mol. The van der Waals surface area contributed by atoms with E-state index in [1.807, 2.05) is 18.2 Å². The van der Waals surface area contributed by atoms with E-state index in [9.17, 15) is 34.4 Å². The Balaban J connectivity index is 4.52. The van der Waals surface area contributed by atoms with Crippen LogP contribution in [0.25, 0.3) is 0 Å². The van der Waals surface area contributed by atoms with Gasteiger partial charge in [-0.3, -0.25) is 18.6 Å². The molecule has 5 atom stereocenters. The minimum Gasteiger partial charge on any atom is -0.462 e. The number of unbranched alkanes of at least 4 members (excludes halogenated alkanes) is 12. The summed E-state index contributed by atoms with van der Waals surface area (Å²) >= 11 is 0. The highest BCUT2D eigenvalue weighted by atomic mass is 31.2. The van der Waals surface area contributed by atoms with Crippen molar-refractivity contribution in [3.05, 3.63) is 48.6 Å². The maximum absolute atomic E-state index is 12.6. The quantitative estimate of drug-likeness (QED) is 0.0170. The molecule has 0 aromatic carbocycles. The molecule has 0 spiro atoms. The average Bonchev–Trinajstić information content (AvgIpc) is 3.19. The molecule has 0 aliphatic rings. The number of aliphatic hydroxyl groups is 4. The third kappa shape index (κ3) is 38.1. The Morgan fingerprint density at radius 2 is 1.07 bits per heavy atom. The molecule has 12 nitrogen and oxygen atoms in total. The van der Waals surface area contributed by atoms with Gasteiger partial charge in [0, 0.05) is 12.8 Å². The van der Waals surface area contributed by atoms with E-state index in [1.54, 1.807) is 0 Å². The number of carbonyl (C=O) groups excluding carboxylic acids is 2. The second-order valence-corrected chi connectivity index (χ2v) is 16.9. The molecule has 0 aromatic heterocycles. The zero-order valence-corrected chi connectivity index (χ0v) is 37.0. The topological polar surface area (TPSA) is 189 Å². The zero-order chi connectivity index (χ0) is 43.1. The van der Waals surface area contributed by atoms with Gasteiger partial charge in [0.15, 0.2) is 6.10 Å². The third-order valence-electron chi connectivity index (χ3n) is 9.38. The van der Waals surface area contributed by atoms with Gasteiger partial charge in [-0.15, -0.1) is 0 Å². The molecule has 0 amide bonds. The maximum Gasteiger partial charge on any atom is 0.472 e. The van der Waals surface area contributed by atoms with Gasteiger partial charge in [-0.05, 0) is 57.3 Å². The van der Waals surface area contributed by atoms with Crippen LogP contribution in [0.5, 0.6) is 0 Å². The number of allylic oxidation sites excluding steroid dienone is 7. The second-order valence-electron chi connectivity index (χ2n) is 15.5. The van der Waals surface area contributed by atoms with Gasteiger partial charge in [-0.1, -0.05) is 153 Å². The normalized spacial score (nSPS) is 15.5. The number of hydrogen-bond acceptors (Lipinski definition) is 11. The van der Waals surface area contributed by atoms with Crippen LogP contribution in [0, 0.1) is 5.92 Å². The molecule has 338 valence electrons. The third-order valence-corrected chi connectivity index (χ3v) is 10.3. The number of ether oxygens (including phenoxy) is 2. The van der Waals surface area contributed by atoms with Crippen LogP contribution in [0.3, 0.4) is 0 Å². The Morgan fingerprint density at radius 3 is 1.60 bits per heavy atom. The monoisotopic (exact) mass is 845 g/mol. The summed E-state index contributed by atoms with van der Waals surface area (Å²) in [6.07, 6.45) is 32.6. The number of aliphatic hydroxyl groups excluding tert-OH is 4. The van der Waals surface area contributed by atoms with Crippen LogP contribution in [0.4, 0.5) is 0 Å². The molecule has 0 aromatic rings. The van der Waals surface area contributed by atoms with Crippen molar-refractivity contribution in [3.63, 3.8) is 0 Å². The molecule has 0 aliphatic carbocycles.